The SMILES string of the molecule is C[C@@H](CCF)C(=O)O. The number of halogens is 1. The van der Waals surface area contributed by atoms with Gasteiger partial charge in [-0.3, -0.25) is 9.18 Å². The highest BCUT2D eigenvalue weighted by atomic mass is 19.1. The van der Waals surface area contributed by atoms with Gasteiger partial charge in [-0.05, 0) is 6.42 Å². The molecule has 0 spiro atoms. The lowest BCUT2D eigenvalue weighted by Gasteiger charge is -1.98. The molecule has 0 aliphatic heterocycles. The molecule has 3 heteroatoms. The van der Waals surface area contributed by atoms with Crippen molar-refractivity contribution in [1.82, 2.24) is 0 Å². The number of hydrogen-bond donors (Lipinski definition) is 1. The zero-order valence-corrected chi connectivity index (χ0v) is 4.72. The average molecular weight is 120 g/mol. The van der Waals surface area contributed by atoms with Crippen molar-refractivity contribution >= 4 is 5.97 Å². The third kappa shape index (κ3) is 2.55. The first-order valence-corrected chi connectivity index (χ1v) is 2.47. The molecule has 8 heavy (non-hydrogen) atoms. The van der Waals surface area contributed by atoms with Crippen molar-refractivity contribution in [3.63, 3.8) is 0 Å². The lowest BCUT2D eigenvalue weighted by atomic mass is 10.1. The van der Waals surface area contributed by atoms with Crippen LogP contribution < -0.4 is 0 Å². The molecule has 0 aliphatic carbocycles. The van der Waals surface area contributed by atoms with E-state index in [9.17, 15) is 9.18 Å². The van der Waals surface area contributed by atoms with Crippen LogP contribution in [0, 0.1) is 5.92 Å². The fraction of sp³-hybridized carbons (Fsp3) is 0.800. The molecule has 0 aromatic carbocycles. The summed E-state index contributed by atoms with van der Waals surface area (Å²) in [6, 6.07) is 0. The summed E-state index contributed by atoms with van der Waals surface area (Å²) in [7, 11) is 0. The maximum Gasteiger partial charge on any atom is 0.306 e. The van der Waals surface area contributed by atoms with Gasteiger partial charge < -0.3 is 5.11 Å². The molecule has 0 aliphatic rings. The summed E-state index contributed by atoms with van der Waals surface area (Å²) >= 11 is 0. The van der Waals surface area contributed by atoms with Gasteiger partial charge in [0.1, 0.15) is 0 Å². The Bertz CT molecular complexity index is 82.5. The summed E-state index contributed by atoms with van der Waals surface area (Å²) in [5.74, 6) is -1.47. The molecule has 0 saturated heterocycles. The van der Waals surface area contributed by atoms with Gasteiger partial charge in [0.25, 0.3) is 0 Å². The van der Waals surface area contributed by atoms with Crippen molar-refractivity contribution in [1.29, 1.82) is 0 Å². The molecule has 0 heterocycles. The lowest BCUT2D eigenvalue weighted by Crippen LogP contribution is -2.09. The topological polar surface area (TPSA) is 37.3 Å². The van der Waals surface area contributed by atoms with Crippen molar-refractivity contribution < 1.29 is 14.3 Å². The maximum absolute atomic E-state index is 11.3. The summed E-state index contributed by atoms with van der Waals surface area (Å²) in [5.41, 5.74) is 0. The van der Waals surface area contributed by atoms with Gasteiger partial charge in [-0.15, -0.1) is 0 Å². The van der Waals surface area contributed by atoms with E-state index in [1.807, 2.05) is 0 Å². The van der Waals surface area contributed by atoms with E-state index in [-0.39, 0.29) is 6.42 Å². The number of carboxylic acid groups (broad SMARTS) is 1. The highest BCUT2D eigenvalue weighted by molar-refractivity contribution is 5.69. The van der Waals surface area contributed by atoms with E-state index in [2.05, 4.69) is 0 Å². The maximum atomic E-state index is 11.3. The normalized spacial score (nSPS) is 13.2. The Labute approximate surface area is 47.3 Å². The monoisotopic (exact) mass is 120 g/mol. The molecular weight excluding hydrogens is 111 g/mol. The van der Waals surface area contributed by atoms with Gasteiger partial charge in [-0.25, -0.2) is 0 Å². The van der Waals surface area contributed by atoms with Crippen LogP contribution in [0.3, 0.4) is 0 Å². The van der Waals surface area contributed by atoms with Crippen molar-refractivity contribution in [2.45, 2.75) is 13.3 Å². The summed E-state index contributed by atoms with van der Waals surface area (Å²) in [6.07, 6.45) is 0.120. The van der Waals surface area contributed by atoms with Crippen LogP contribution in [-0.4, -0.2) is 17.8 Å². The summed E-state index contributed by atoms with van der Waals surface area (Å²) < 4.78 is 11.3. The molecule has 0 radical (unpaired) electrons. The number of aliphatic carboxylic acids is 1. The second-order valence-electron chi connectivity index (χ2n) is 1.72. The second-order valence-corrected chi connectivity index (χ2v) is 1.72. The largest absolute Gasteiger partial charge is 0.481 e. The highest BCUT2D eigenvalue weighted by Crippen LogP contribution is 2.00. The molecule has 0 unspecified atom stereocenters. The zero-order valence-electron chi connectivity index (χ0n) is 4.72. The number of alkyl halides is 1. The Hall–Kier alpha value is -0.600. The summed E-state index contributed by atoms with van der Waals surface area (Å²) in [6.45, 7) is 0.940. The van der Waals surface area contributed by atoms with Crippen LogP contribution in [0.4, 0.5) is 4.39 Å². The molecule has 48 valence electrons. The van der Waals surface area contributed by atoms with E-state index < -0.39 is 18.6 Å². The minimum absolute atomic E-state index is 0.120. The van der Waals surface area contributed by atoms with E-state index in [0.29, 0.717) is 0 Å². The summed E-state index contributed by atoms with van der Waals surface area (Å²) in [5, 5.41) is 8.15. The molecule has 1 atom stereocenters. The van der Waals surface area contributed by atoms with Crippen molar-refractivity contribution in [3.8, 4) is 0 Å². The summed E-state index contributed by atoms with van der Waals surface area (Å²) in [4.78, 5) is 9.92. The first kappa shape index (κ1) is 7.40. The van der Waals surface area contributed by atoms with Crippen LogP contribution in [0.25, 0.3) is 0 Å². The number of carbonyl (C=O) groups is 1. The fourth-order valence-corrected chi connectivity index (χ4v) is 0.287. The minimum atomic E-state index is -0.928. The molecule has 0 aromatic heterocycles. The highest BCUT2D eigenvalue weighted by Gasteiger charge is 2.08. The molecule has 1 N–H and O–H groups in total. The van der Waals surface area contributed by atoms with E-state index in [0.717, 1.165) is 0 Å². The van der Waals surface area contributed by atoms with Crippen molar-refractivity contribution in [3.05, 3.63) is 0 Å². The smallest absolute Gasteiger partial charge is 0.306 e. The Balaban J connectivity index is 3.32. The molecule has 0 fully saturated rings. The Morgan fingerprint density at radius 1 is 1.88 bits per heavy atom. The minimum Gasteiger partial charge on any atom is -0.481 e. The Morgan fingerprint density at radius 3 is 2.50 bits per heavy atom. The molecule has 0 bridgehead atoms. The van der Waals surface area contributed by atoms with E-state index in [1.54, 1.807) is 0 Å². The average Bonchev–Trinajstić information content (AvgIpc) is 1.67. The van der Waals surface area contributed by atoms with Crippen LogP contribution >= 0.6 is 0 Å². The van der Waals surface area contributed by atoms with Crippen LogP contribution in [0.2, 0.25) is 0 Å². The molecule has 0 amide bonds. The Morgan fingerprint density at radius 2 is 2.38 bits per heavy atom. The standard InChI is InChI=1S/C5H9FO2/c1-4(2-3-6)5(7)8/h4H,2-3H2,1H3,(H,7,8)/t4-/m0/s1. The van der Waals surface area contributed by atoms with Crippen LogP contribution in [0.5, 0.6) is 0 Å². The van der Waals surface area contributed by atoms with Crippen molar-refractivity contribution in [2.24, 2.45) is 5.92 Å². The molecule has 0 rings (SSSR count). The van der Waals surface area contributed by atoms with Gasteiger partial charge in [-0.2, -0.15) is 0 Å². The third-order valence-electron chi connectivity index (χ3n) is 0.964. The molecule has 2 nitrogen and oxygen atoms in total. The predicted molar refractivity (Wildman–Crippen MR) is 27.4 cm³/mol. The number of hydrogen-bond acceptors (Lipinski definition) is 1. The van der Waals surface area contributed by atoms with Gasteiger partial charge >= 0.3 is 5.97 Å². The van der Waals surface area contributed by atoms with Gasteiger partial charge in [0.05, 0.1) is 12.6 Å². The first-order chi connectivity index (χ1) is 3.68. The van der Waals surface area contributed by atoms with E-state index >= 15 is 0 Å². The second kappa shape index (κ2) is 3.41. The number of rotatable bonds is 3. The third-order valence-corrected chi connectivity index (χ3v) is 0.964. The lowest BCUT2D eigenvalue weighted by molar-refractivity contribution is -0.141. The molecular formula is C5H9FO2. The Kier molecular flexibility index (Phi) is 3.15. The molecule has 0 aromatic rings. The van der Waals surface area contributed by atoms with Gasteiger partial charge in [0, 0.05) is 0 Å². The van der Waals surface area contributed by atoms with E-state index in [4.69, 9.17) is 5.11 Å². The first-order valence-electron chi connectivity index (χ1n) is 2.47. The molecule has 0 saturated carbocycles. The van der Waals surface area contributed by atoms with Crippen molar-refractivity contribution in [2.75, 3.05) is 6.67 Å². The predicted octanol–water partition coefficient (Wildman–Crippen LogP) is 1.07. The van der Waals surface area contributed by atoms with E-state index in [1.165, 1.54) is 6.92 Å². The van der Waals surface area contributed by atoms with Gasteiger partial charge in [0.2, 0.25) is 0 Å². The van der Waals surface area contributed by atoms with Gasteiger partial charge in [0.15, 0.2) is 0 Å². The van der Waals surface area contributed by atoms with Gasteiger partial charge in [-0.1, -0.05) is 6.92 Å². The van der Waals surface area contributed by atoms with Crippen LogP contribution in [-0.2, 0) is 4.79 Å². The van der Waals surface area contributed by atoms with Crippen LogP contribution in [0.15, 0.2) is 0 Å². The quantitative estimate of drug-likeness (QED) is 0.604. The fourth-order valence-electron chi connectivity index (χ4n) is 0.287. The zero-order chi connectivity index (χ0) is 6.57. The van der Waals surface area contributed by atoms with Crippen LogP contribution in [0.1, 0.15) is 13.3 Å². The number of carboxylic acids is 1.